The zero-order chi connectivity index (χ0) is 13.7. The number of aromatic nitrogens is 1. The first kappa shape index (κ1) is 13.5. The molecule has 0 bridgehead atoms. The molecule has 0 spiro atoms. The van der Waals surface area contributed by atoms with Crippen LogP contribution in [0.5, 0.6) is 0 Å². The molecule has 0 saturated heterocycles. The van der Waals surface area contributed by atoms with Crippen LogP contribution in [0.4, 0.5) is 5.69 Å². The van der Waals surface area contributed by atoms with Gasteiger partial charge in [0, 0.05) is 31.6 Å². The molecule has 1 heterocycles. The van der Waals surface area contributed by atoms with Crippen molar-refractivity contribution in [2.45, 2.75) is 20.0 Å². The van der Waals surface area contributed by atoms with Crippen molar-refractivity contribution in [1.29, 1.82) is 0 Å². The predicted octanol–water partition coefficient (Wildman–Crippen LogP) is 2.73. The van der Waals surface area contributed by atoms with Crippen LogP contribution < -0.4 is 5.32 Å². The molecule has 0 aliphatic heterocycles. The number of hydrogen-bond donors (Lipinski definition) is 1. The summed E-state index contributed by atoms with van der Waals surface area (Å²) in [7, 11) is 1.80. The number of nitrogens with zero attached hydrogens (tertiary/aromatic N) is 2. The molecule has 0 saturated carbocycles. The molecule has 19 heavy (non-hydrogen) atoms. The lowest BCUT2D eigenvalue weighted by Crippen LogP contribution is -2.23. The molecule has 0 fully saturated rings. The lowest BCUT2D eigenvalue weighted by atomic mass is 10.2. The highest BCUT2D eigenvalue weighted by molar-refractivity contribution is 7.07. The van der Waals surface area contributed by atoms with Crippen molar-refractivity contribution in [2.75, 3.05) is 12.4 Å². The first-order valence-corrected chi connectivity index (χ1v) is 7.01. The van der Waals surface area contributed by atoms with E-state index in [0.29, 0.717) is 6.54 Å². The van der Waals surface area contributed by atoms with Gasteiger partial charge in [0.2, 0.25) is 5.91 Å². The number of hydrogen-bond acceptors (Lipinski definition) is 4. The van der Waals surface area contributed by atoms with Crippen LogP contribution in [0.25, 0.3) is 0 Å². The molecule has 0 unspecified atom stereocenters. The van der Waals surface area contributed by atoms with Crippen molar-refractivity contribution in [3.8, 4) is 0 Å². The highest BCUT2D eigenvalue weighted by Crippen LogP contribution is 2.13. The minimum absolute atomic E-state index is 0.0702. The fraction of sp³-hybridized carbons (Fsp3) is 0.286. The number of rotatable bonds is 5. The molecule has 4 nitrogen and oxygen atoms in total. The third-order valence-corrected chi connectivity index (χ3v) is 3.48. The summed E-state index contributed by atoms with van der Waals surface area (Å²) in [6.45, 7) is 2.92. The van der Waals surface area contributed by atoms with E-state index in [1.54, 1.807) is 30.2 Å². The Hall–Kier alpha value is -1.88. The second-order valence-electron chi connectivity index (χ2n) is 4.41. The number of anilines is 1. The maximum Gasteiger partial charge on any atom is 0.219 e. The highest BCUT2D eigenvalue weighted by Gasteiger charge is 2.04. The van der Waals surface area contributed by atoms with Crippen LogP contribution in [0.3, 0.4) is 0 Å². The minimum atomic E-state index is 0.0702. The summed E-state index contributed by atoms with van der Waals surface area (Å²) in [5.41, 5.74) is 5.02. The van der Waals surface area contributed by atoms with Crippen LogP contribution in [0.2, 0.25) is 0 Å². The van der Waals surface area contributed by atoms with Crippen LogP contribution >= 0.6 is 11.3 Å². The fourth-order valence-electron chi connectivity index (χ4n) is 1.68. The average molecular weight is 275 g/mol. The molecule has 1 amide bonds. The maximum atomic E-state index is 11.2. The fourth-order valence-corrected chi connectivity index (χ4v) is 2.24. The Morgan fingerprint density at radius 3 is 3.00 bits per heavy atom. The van der Waals surface area contributed by atoms with E-state index in [4.69, 9.17) is 0 Å². The van der Waals surface area contributed by atoms with E-state index < -0.39 is 0 Å². The molecule has 1 N–H and O–H groups in total. The molecular weight excluding hydrogens is 258 g/mol. The van der Waals surface area contributed by atoms with Crippen molar-refractivity contribution >= 4 is 22.9 Å². The zero-order valence-corrected chi connectivity index (χ0v) is 11.9. The number of carbonyl (C=O) groups is 1. The van der Waals surface area contributed by atoms with Crippen molar-refractivity contribution in [2.24, 2.45) is 0 Å². The lowest BCUT2D eigenvalue weighted by Gasteiger charge is -2.15. The summed E-state index contributed by atoms with van der Waals surface area (Å²) >= 11 is 1.59. The van der Waals surface area contributed by atoms with Crippen LogP contribution in [-0.2, 0) is 17.9 Å². The first-order valence-electron chi connectivity index (χ1n) is 6.07. The van der Waals surface area contributed by atoms with E-state index in [2.05, 4.69) is 16.4 Å². The van der Waals surface area contributed by atoms with Gasteiger partial charge in [0.1, 0.15) is 0 Å². The standard InChI is InChI=1S/C14H17N3OS/c1-11(18)17(2)8-12-4-3-5-13(6-12)15-7-14-9-19-10-16-14/h3-6,9-10,15H,7-8H2,1-2H3. The van der Waals surface area contributed by atoms with E-state index in [9.17, 15) is 4.79 Å². The van der Waals surface area contributed by atoms with E-state index in [-0.39, 0.29) is 5.91 Å². The van der Waals surface area contributed by atoms with Crippen molar-refractivity contribution in [3.63, 3.8) is 0 Å². The van der Waals surface area contributed by atoms with Gasteiger partial charge < -0.3 is 10.2 Å². The molecule has 1 aromatic carbocycles. The van der Waals surface area contributed by atoms with E-state index in [0.717, 1.165) is 23.5 Å². The monoisotopic (exact) mass is 275 g/mol. The van der Waals surface area contributed by atoms with Crippen molar-refractivity contribution in [3.05, 3.63) is 46.4 Å². The third-order valence-electron chi connectivity index (χ3n) is 2.84. The van der Waals surface area contributed by atoms with Gasteiger partial charge in [-0.1, -0.05) is 12.1 Å². The molecule has 1 aromatic heterocycles. The Labute approximate surface area is 117 Å². The average Bonchev–Trinajstić information content (AvgIpc) is 2.90. The van der Waals surface area contributed by atoms with E-state index in [1.807, 2.05) is 29.1 Å². The largest absolute Gasteiger partial charge is 0.379 e. The van der Waals surface area contributed by atoms with Gasteiger partial charge >= 0.3 is 0 Å². The van der Waals surface area contributed by atoms with Gasteiger partial charge in [0.15, 0.2) is 0 Å². The summed E-state index contributed by atoms with van der Waals surface area (Å²) in [5, 5.41) is 5.36. The Bertz CT molecular complexity index is 539. The normalized spacial score (nSPS) is 10.2. The Morgan fingerprint density at radius 1 is 1.47 bits per heavy atom. The molecule has 2 aromatic rings. The summed E-state index contributed by atoms with van der Waals surface area (Å²) < 4.78 is 0. The third kappa shape index (κ3) is 4.06. The summed E-state index contributed by atoms with van der Waals surface area (Å²) in [6.07, 6.45) is 0. The van der Waals surface area contributed by atoms with Gasteiger partial charge in [-0.15, -0.1) is 11.3 Å². The van der Waals surface area contributed by atoms with Gasteiger partial charge in [0.25, 0.3) is 0 Å². The number of thiazole rings is 1. The number of benzene rings is 1. The number of amides is 1. The highest BCUT2D eigenvalue weighted by atomic mass is 32.1. The number of carbonyl (C=O) groups excluding carboxylic acids is 1. The zero-order valence-electron chi connectivity index (χ0n) is 11.1. The predicted molar refractivity (Wildman–Crippen MR) is 78.0 cm³/mol. The van der Waals surface area contributed by atoms with Crippen LogP contribution in [0.15, 0.2) is 35.2 Å². The van der Waals surface area contributed by atoms with Crippen LogP contribution in [0.1, 0.15) is 18.2 Å². The maximum absolute atomic E-state index is 11.2. The smallest absolute Gasteiger partial charge is 0.219 e. The van der Waals surface area contributed by atoms with Gasteiger partial charge in [-0.3, -0.25) is 4.79 Å². The second kappa shape index (κ2) is 6.33. The van der Waals surface area contributed by atoms with Gasteiger partial charge in [-0.2, -0.15) is 0 Å². The minimum Gasteiger partial charge on any atom is -0.379 e. The number of nitrogens with one attached hydrogen (secondary N) is 1. The SMILES string of the molecule is CC(=O)N(C)Cc1cccc(NCc2cscn2)c1. The van der Waals surface area contributed by atoms with Crippen molar-refractivity contribution < 1.29 is 4.79 Å². The molecular formula is C14H17N3OS. The van der Waals surface area contributed by atoms with Crippen molar-refractivity contribution in [1.82, 2.24) is 9.88 Å². The summed E-state index contributed by atoms with van der Waals surface area (Å²) in [6, 6.07) is 8.09. The topological polar surface area (TPSA) is 45.2 Å². The lowest BCUT2D eigenvalue weighted by molar-refractivity contribution is -0.128. The molecule has 0 aliphatic rings. The van der Waals surface area contributed by atoms with Gasteiger partial charge in [-0.05, 0) is 17.7 Å². The molecule has 2 rings (SSSR count). The van der Waals surface area contributed by atoms with Gasteiger partial charge in [-0.25, -0.2) is 4.98 Å². The quantitative estimate of drug-likeness (QED) is 0.912. The Kier molecular flexibility index (Phi) is 4.52. The summed E-state index contributed by atoms with van der Waals surface area (Å²) in [4.78, 5) is 17.1. The van der Waals surface area contributed by atoms with E-state index >= 15 is 0 Å². The molecule has 0 radical (unpaired) electrons. The summed E-state index contributed by atoms with van der Waals surface area (Å²) in [5.74, 6) is 0.0702. The molecule has 100 valence electrons. The Morgan fingerprint density at radius 2 is 2.32 bits per heavy atom. The second-order valence-corrected chi connectivity index (χ2v) is 5.13. The molecule has 0 aliphatic carbocycles. The molecule has 0 atom stereocenters. The van der Waals surface area contributed by atoms with E-state index in [1.165, 1.54) is 0 Å². The van der Waals surface area contributed by atoms with Crippen LogP contribution in [-0.4, -0.2) is 22.8 Å². The van der Waals surface area contributed by atoms with Gasteiger partial charge in [0.05, 0.1) is 17.7 Å². The molecule has 5 heteroatoms. The first-order chi connectivity index (χ1) is 9.15. The van der Waals surface area contributed by atoms with Crippen LogP contribution in [0, 0.1) is 0 Å². The Balaban J connectivity index is 1.96.